The second-order valence-electron chi connectivity index (χ2n) is 6.63. The summed E-state index contributed by atoms with van der Waals surface area (Å²) in [5.74, 6) is -0.302. The lowest BCUT2D eigenvalue weighted by atomic mass is 9.96. The van der Waals surface area contributed by atoms with Crippen molar-refractivity contribution in [1.29, 1.82) is 0 Å². The fraction of sp³-hybridized carbons (Fsp3) is 0.300. The average molecular weight is 403 g/mol. The van der Waals surface area contributed by atoms with Gasteiger partial charge >= 0.3 is 0 Å². The Balaban J connectivity index is 1.52. The molecule has 3 heterocycles. The number of rotatable bonds is 5. The Bertz CT molecular complexity index is 867. The van der Waals surface area contributed by atoms with Crippen LogP contribution in [0.5, 0.6) is 0 Å². The van der Waals surface area contributed by atoms with Crippen molar-refractivity contribution in [2.24, 2.45) is 0 Å². The first-order valence-electron chi connectivity index (χ1n) is 8.96. The van der Waals surface area contributed by atoms with Gasteiger partial charge in [0, 0.05) is 53.7 Å². The first-order valence-corrected chi connectivity index (χ1v) is 10.2. The molecule has 3 aromatic rings. The minimum Gasteiger partial charge on any atom is -0.348 e. The predicted octanol–water partition coefficient (Wildman–Crippen LogP) is 4.68. The fourth-order valence-electron chi connectivity index (χ4n) is 3.49. The standard InChI is InChI=1S/C20H20ClFN4S/c21-15-3-4-17(18(22)12-15)19(14-2-1-7-23-13-14)25-16-5-9-26(10-6-16)20-24-8-11-27-20/h1-4,7-8,11-13,16,19,25H,5-6,9-10H2. The molecule has 1 aromatic carbocycles. The van der Waals surface area contributed by atoms with Crippen LogP contribution in [0, 0.1) is 5.82 Å². The highest BCUT2D eigenvalue weighted by atomic mass is 35.5. The van der Waals surface area contributed by atoms with Gasteiger partial charge in [-0.1, -0.05) is 23.7 Å². The van der Waals surface area contributed by atoms with Gasteiger partial charge in [0.05, 0.1) is 6.04 Å². The molecular weight excluding hydrogens is 383 g/mol. The highest BCUT2D eigenvalue weighted by Gasteiger charge is 2.26. The lowest BCUT2D eigenvalue weighted by molar-refractivity contribution is 0.385. The van der Waals surface area contributed by atoms with E-state index in [1.54, 1.807) is 35.9 Å². The van der Waals surface area contributed by atoms with E-state index in [-0.39, 0.29) is 11.9 Å². The summed E-state index contributed by atoms with van der Waals surface area (Å²) in [7, 11) is 0. The maximum atomic E-state index is 14.6. The molecule has 1 aliphatic rings. The van der Waals surface area contributed by atoms with Crippen molar-refractivity contribution in [2.45, 2.75) is 24.9 Å². The Kier molecular flexibility index (Phi) is 5.66. The monoisotopic (exact) mass is 402 g/mol. The number of anilines is 1. The van der Waals surface area contributed by atoms with Crippen LogP contribution in [-0.2, 0) is 0 Å². The maximum Gasteiger partial charge on any atom is 0.185 e. The van der Waals surface area contributed by atoms with Crippen LogP contribution in [0.4, 0.5) is 9.52 Å². The van der Waals surface area contributed by atoms with Crippen LogP contribution in [0.15, 0.2) is 54.3 Å². The predicted molar refractivity (Wildman–Crippen MR) is 108 cm³/mol. The van der Waals surface area contributed by atoms with Crippen molar-refractivity contribution in [3.8, 4) is 0 Å². The number of hydrogen-bond acceptors (Lipinski definition) is 5. The third-order valence-corrected chi connectivity index (χ3v) is 5.95. The van der Waals surface area contributed by atoms with E-state index in [4.69, 9.17) is 11.6 Å². The van der Waals surface area contributed by atoms with Gasteiger partial charge in [-0.2, -0.15) is 0 Å². The molecule has 27 heavy (non-hydrogen) atoms. The smallest absolute Gasteiger partial charge is 0.185 e. The summed E-state index contributed by atoms with van der Waals surface area (Å²) in [5.41, 5.74) is 1.54. The fourth-order valence-corrected chi connectivity index (χ4v) is 4.35. The molecule has 0 bridgehead atoms. The Hall–Kier alpha value is -2.02. The van der Waals surface area contributed by atoms with E-state index in [2.05, 4.69) is 20.2 Å². The van der Waals surface area contributed by atoms with Gasteiger partial charge < -0.3 is 10.2 Å². The summed E-state index contributed by atoms with van der Waals surface area (Å²) in [5, 5.41) is 7.12. The number of piperidine rings is 1. The van der Waals surface area contributed by atoms with Crippen LogP contribution < -0.4 is 10.2 Å². The second-order valence-corrected chi connectivity index (χ2v) is 7.94. The van der Waals surface area contributed by atoms with Gasteiger partial charge in [-0.25, -0.2) is 9.37 Å². The molecule has 1 fully saturated rings. The number of halogens is 2. The van der Waals surface area contributed by atoms with Crippen molar-refractivity contribution in [3.05, 3.63) is 76.3 Å². The van der Waals surface area contributed by atoms with Crippen molar-refractivity contribution in [2.75, 3.05) is 18.0 Å². The molecule has 1 saturated heterocycles. The van der Waals surface area contributed by atoms with Gasteiger partial charge in [0.1, 0.15) is 5.82 Å². The van der Waals surface area contributed by atoms with E-state index in [1.165, 1.54) is 6.07 Å². The van der Waals surface area contributed by atoms with Gasteiger partial charge in [0.25, 0.3) is 0 Å². The van der Waals surface area contributed by atoms with Gasteiger partial charge in [0.15, 0.2) is 5.13 Å². The largest absolute Gasteiger partial charge is 0.348 e. The SMILES string of the molecule is Fc1cc(Cl)ccc1C(NC1CCN(c2nccs2)CC1)c1cccnc1. The molecule has 140 valence electrons. The van der Waals surface area contributed by atoms with Crippen molar-refractivity contribution in [1.82, 2.24) is 15.3 Å². The van der Waals surface area contributed by atoms with E-state index in [9.17, 15) is 4.39 Å². The third kappa shape index (κ3) is 4.29. The summed E-state index contributed by atoms with van der Waals surface area (Å²) in [4.78, 5) is 10.9. The number of aromatic nitrogens is 2. The first-order chi connectivity index (χ1) is 13.2. The molecule has 4 nitrogen and oxygen atoms in total. The van der Waals surface area contributed by atoms with E-state index in [0.29, 0.717) is 16.6 Å². The van der Waals surface area contributed by atoms with Crippen molar-refractivity contribution < 1.29 is 4.39 Å². The van der Waals surface area contributed by atoms with Gasteiger partial charge in [-0.15, -0.1) is 11.3 Å². The highest BCUT2D eigenvalue weighted by molar-refractivity contribution is 7.13. The lowest BCUT2D eigenvalue weighted by Gasteiger charge is -2.34. The van der Waals surface area contributed by atoms with E-state index in [0.717, 1.165) is 36.6 Å². The lowest BCUT2D eigenvalue weighted by Crippen LogP contribution is -2.44. The van der Waals surface area contributed by atoms with Crippen LogP contribution in [0.3, 0.4) is 0 Å². The summed E-state index contributed by atoms with van der Waals surface area (Å²) in [6, 6.07) is 8.75. The molecule has 7 heteroatoms. The number of hydrogen-bond donors (Lipinski definition) is 1. The first kappa shape index (κ1) is 18.3. The minimum absolute atomic E-state index is 0.257. The third-order valence-electron chi connectivity index (χ3n) is 4.88. The molecule has 0 aliphatic carbocycles. The molecule has 1 unspecified atom stereocenters. The molecule has 0 saturated carbocycles. The number of nitrogens with one attached hydrogen (secondary N) is 1. The maximum absolute atomic E-state index is 14.6. The van der Waals surface area contributed by atoms with Crippen molar-refractivity contribution in [3.63, 3.8) is 0 Å². The zero-order valence-electron chi connectivity index (χ0n) is 14.7. The Morgan fingerprint density at radius 2 is 2.07 bits per heavy atom. The topological polar surface area (TPSA) is 41.0 Å². The number of nitrogens with zero attached hydrogens (tertiary/aromatic N) is 3. The van der Waals surface area contributed by atoms with Crippen LogP contribution in [-0.4, -0.2) is 29.1 Å². The molecule has 0 amide bonds. The highest BCUT2D eigenvalue weighted by Crippen LogP contribution is 2.29. The number of thiazole rings is 1. The molecule has 1 atom stereocenters. The minimum atomic E-state index is -0.302. The average Bonchev–Trinajstić information content (AvgIpc) is 3.23. The quantitative estimate of drug-likeness (QED) is 0.672. The molecule has 1 N–H and O–H groups in total. The normalized spacial score (nSPS) is 16.4. The molecule has 0 spiro atoms. The van der Waals surface area contributed by atoms with E-state index in [1.807, 2.05) is 23.7 Å². The molecular formula is C20H20ClFN4S. The summed E-state index contributed by atoms with van der Waals surface area (Å²) in [6.45, 7) is 1.88. The van der Waals surface area contributed by atoms with E-state index < -0.39 is 0 Å². The van der Waals surface area contributed by atoms with Crippen LogP contribution in [0.1, 0.15) is 30.0 Å². The van der Waals surface area contributed by atoms with E-state index >= 15 is 0 Å². The molecule has 4 rings (SSSR count). The summed E-state index contributed by atoms with van der Waals surface area (Å²) < 4.78 is 14.6. The number of pyridine rings is 1. The zero-order valence-corrected chi connectivity index (χ0v) is 16.3. The Morgan fingerprint density at radius 3 is 2.74 bits per heavy atom. The molecule has 2 aromatic heterocycles. The molecule has 0 radical (unpaired) electrons. The second kappa shape index (κ2) is 8.33. The van der Waals surface area contributed by atoms with Gasteiger partial charge in [-0.3, -0.25) is 4.98 Å². The number of benzene rings is 1. The summed E-state index contributed by atoms with van der Waals surface area (Å²) in [6.07, 6.45) is 7.31. The summed E-state index contributed by atoms with van der Waals surface area (Å²) >= 11 is 7.61. The van der Waals surface area contributed by atoms with Crippen LogP contribution >= 0.6 is 22.9 Å². The Morgan fingerprint density at radius 1 is 1.22 bits per heavy atom. The van der Waals surface area contributed by atoms with Crippen LogP contribution in [0.25, 0.3) is 0 Å². The van der Waals surface area contributed by atoms with Crippen LogP contribution in [0.2, 0.25) is 5.02 Å². The Labute approximate surface area is 167 Å². The van der Waals surface area contributed by atoms with Crippen molar-refractivity contribution >= 4 is 28.1 Å². The van der Waals surface area contributed by atoms with Gasteiger partial charge in [-0.05, 0) is 36.6 Å². The molecule has 1 aliphatic heterocycles. The van der Waals surface area contributed by atoms with Gasteiger partial charge in [0.2, 0.25) is 0 Å². The zero-order chi connectivity index (χ0) is 18.6.